The number of anilines is 1. The summed E-state index contributed by atoms with van der Waals surface area (Å²) in [6.45, 7) is 13.3. The summed E-state index contributed by atoms with van der Waals surface area (Å²) in [6, 6.07) is 23.9. The molecule has 0 N–H and O–H groups in total. The fraction of sp³-hybridized carbons (Fsp3) is 0.300. The molecule has 3 aromatic carbocycles. The molecule has 2 heteroatoms. The van der Waals surface area contributed by atoms with E-state index in [9.17, 15) is 0 Å². The molecule has 166 valence electrons. The van der Waals surface area contributed by atoms with Crippen LogP contribution in [-0.4, -0.2) is 12.9 Å². The fourth-order valence-corrected chi connectivity index (χ4v) is 4.22. The van der Waals surface area contributed by atoms with Crippen molar-refractivity contribution in [3.63, 3.8) is 0 Å². The SMILES string of the molecule is C/C=C\N(/C(=N/C)c1ccccc1C)c1c(C(C)C)cc(-c2ccccc2)cc1C(C)C. The third kappa shape index (κ3) is 4.85. The molecule has 0 saturated heterocycles. The average molecular weight is 425 g/mol. The molecule has 0 aliphatic carbocycles. The molecule has 0 aromatic heterocycles. The topological polar surface area (TPSA) is 15.6 Å². The number of rotatable bonds is 6. The lowest BCUT2D eigenvalue weighted by Crippen LogP contribution is -2.29. The highest BCUT2D eigenvalue weighted by Crippen LogP contribution is 2.40. The summed E-state index contributed by atoms with van der Waals surface area (Å²) in [5.74, 6) is 1.71. The van der Waals surface area contributed by atoms with Gasteiger partial charge in [0.15, 0.2) is 0 Å². The molecule has 0 fully saturated rings. The van der Waals surface area contributed by atoms with Gasteiger partial charge in [-0.1, -0.05) is 88.4 Å². The van der Waals surface area contributed by atoms with E-state index in [0.717, 1.165) is 11.4 Å². The maximum Gasteiger partial charge on any atom is 0.139 e. The van der Waals surface area contributed by atoms with Gasteiger partial charge in [0.25, 0.3) is 0 Å². The van der Waals surface area contributed by atoms with Gasteiger partial charge in [-0.05, 0) is 65.6 Å². The molecule has 3 aromatic rings. The van der Waals surface area contributed by atoms with Gasteiger partial charge in [0, 0.05) is 18.8 Å². The summed E-state index contributed by atoms with van der Waals surface area (Å²) in [5, 5.41) is 0. The molecule has 0 aliphatic rings. The van der Waals surface area contributed by atoms with Crippen molar-refractivity contribution in [2.75, 3.05) is 11.9 Å². The van der Waals surface area contributed by atoms with Crippen molar-refractivity contribution < 1.29 is 0 Å². The molecule has 0 spiro atoms. The van der Waals surface area contributed by atoms with Crippen molar-refractivity contribution in [3.8, 4) is 11.1 Å². The maximum absolute atomic E-state index is 4.79. The van der Waals surface area contributed by atoms with Crippen LogP contribution in [0, 0.1) is 6.92 Å². The average Bonchev–Trinajstić information content (AvgIpc) is 2.79. The third-order valence-electron chi connectivity index (χ3n) is 5.89. The predicted molar refractivity (Wildman–Crippen MR) is 141 cm³/mol. The minimum absolute atomic E-state index is 0.369. The zero-order valence-electron chi connectivity index (χ0n) is 20.6. The second-order valence-corrected chi connectivity index (χ2v) is 8.89. The van der Waals surface area contributed by atoms with Gasteiger partial charge in [0.1, 0.15) is 5.84 Å². The lowest BCUT2D eigenvalue weighted by molar-refractivity contribution is 0.832. The van der Waals surface area contributed by atoms with Crippen LogP contribution in [0.4, 0.5) is 5.69 Å². The Hall–Kier alpha value is -3.13. The zero-order chi connectivity index (χ0) is 23.3. The number of nitrogens with zero attached hydrogens (tertiary/aromatic N) is 2. The first-order valence-corrected chi connectivity index (χ1v) is 11.6. The number of hydrogen-bond acceptors (Lipinski definition) is 1. The van der Waals surface area contributed by atoms with Gasteiger partial charge in [-0.3, -0.25) is 4.99 Å². The standard InChI is InChI=1S/C30H36N2/c1-8-18-32(30(31-7)26-17-13-12-14-23(26)6)29-27(21(2)3)19-25(20-28(29)22(4)5)24-15-10-9-11-16-24/h8-22H,1-7H3/b18-8-,31-30+. The van der Waals surface area contributed by atoms with Gasteiger partial charge >= 0.3 is 0 Å². The second kappa shape index (κ2) is 10.5. The van der Waals surface area contributed by atoms with E-state index in [1.54, 1.807) is 0 Å². The summed E-state index contributed by atoms with van der Waals surface area (Å²) in [4.78, 5) is 7.08. The smallest absolute Gasteiger partial charge is 0.139 e. The minimum Gasteiger partial charge on any atom is -0.301 e. The van der Waals surface area contributed by atoms with Gasteiger partial charge in [0.05, 0.1) is 5.69 Å². The highest BCUT2D eigenvalue weighted by Gasteiger charge is 2.24. The van der Waals surface area contributed by atoms with Crippen LogP contribution in [0.2, 0.25) is 0 Å². The molecule has 0 aliphatic heterocycles. The van der Waals surface area contributed by atoms with E-state index < -0.39 is 0 Å². The molecule has 3 rings (SSSR count). The molecule has 0 radical (unpaired) electrons. The number of aliphatic imine (C=N–C) groups is 1. The summed E-state index contributed by atoms with van der Waals surface area (Å²) in [5.41, 5.74) is 8.82. The van der Waals surface area contributed by atoms with Gasteiger partial charge in [0.2, 0.25) is 0 Å². The highest BCUT2D eigenvalue weighted by molar-refractivity contribution is 6.12. The quantitative estimate of drug-likeness (QED) is 0.287. The Kier molecular flexibility index (Phi) is 7.69. The Labute approximate surface area is 194 Å². The second-order valence-electron chi connectivity index (χ2n) is 8.89. The van der Waals surface area contributed by atoms with Crippen LogP contribution in [0.15, 0.2) is 84.0 Å². The van der Waals surface area contributed by atoms with Crippen LogP contribution in [0.25, 0.3) is 11.1 Å². The van der Waals surface area contributed by atoms with Crippen LogP contribution in [-0.2, 0) is 0 Å². The third-order valence-corrected chi connectivity index (χ3v) is 5.89. The lowest BCUT2D eigenvalue weighted by Gasteiger charge is -2.31. The van der Waals surface area contributed by atoms with E-state index in [2.05, 4.69) is 125 Å². The maximum atomic E-state index is 4.79. The lowest BCUT2D eigenvalue weighted by atomic mass is 9.87. The first kappa shape index (κ1) is 23.5. The first-order chi connectivity index (χ1) is 15.4. The largest absolute Gasteiger partial charge is 0.301 e. The molecular weight excluding hydrogens is 388 g/mol. The van der Waals surface area contributed by atoms with Crippen LogP contribution in [0.1, 0.15) is 68.7 Å². The van der Waals surface area contributed by atoms with E-state index in [0.29, 0.717) is 11.8 Å². The minimum atomic E-state index is 0.369. The predicted octanol–water partition coefficient (Wildman–Crippen LogP) is 8.33. The molecule has 2 nitrogen and oxygen atoms in total. The Balaban J connectivity index is 2.32. The summed E-state index contributed by atoms with van der Waals surface area (Å²) in [7, 11) is 1.89. The number of hydrogen-bond donors (Lipinski definition) is 0. The van der Waals surface area contributed by atoms with Crippen LogP contribution >= 0.6 is 0 Å². The monoisotopic (exact) mass is 424 g/mol. The summed E-state index contributed by atoms with van der Waals surface area (Å²) >= 11 is 0. The number of allylic oxidation sites excluding steroid dienone is 1. The molecule has 0 saturated carbocycles. The van der Waals surface area contributed by atoms with Gasteiger partial charge < -0.3 is 4.90 Å². The Morgan fingerprint density at radius 2 is 1.38 bits per heavy atom. The van der Waals surface area contributed by atoms with Crippen molar-refractivity contribution in [2.24, 2.45) is 4.99 Å². The van der Waals surface area contributed by atoms with Gasteiger partial charge in [-0.2, -0.15) is 0 Å². The molecule has 32 heavy (non-hydrogen) atoms. The Bertz CT molecular complexity index is 1080. The van der Waals surface area contributed by atoms with Crippen molar-refractivity contribution in [3.05, 3.63) is 101 Å². The zero-order valence-corrected chi connectivity index (χ0v) is 20.6. The molecule has 0 atom stereocenters. The molecular formula is C30H36N2. The number of aryl methyl sites for hydroxylation is 1. The normalized spacial score (nSPS) is 12.2. The van der Waals surface area contributed by atoms with Crippen molar-refractivity contribution in [2.45, 2.75) is 53.4 Å². The first-order valence-electron chi connectivity index (χ1n) is 11.6. The Morgan fingerprint density at radius 3 is 1.88 bits per heavy atom. The van der Waals surface area contributed by atoms with E-state index in [-0.39, 0.29) is 0 Å². The number of benzene rings is 3. The van der Waals surface area contributed by atoms with Crippen molar-refractivity contribution >= 4 is 11.5 Å². The highest BCUT2D eigenvalue weighted by atomic mass is 15.2. The van der Waals surface area contributed by atoms with Gasteiger partial charge in [-0.15, -0.1) is 0 Å². The van der Waals surface area contributed by atoms with Crippen molar-refractivity contribution in [1.82, 2.24) is 0 Å². The Morgan fingerprint density at radius 1 is 0.812 bits per heavy atom. The summed E-state index contributed by atoms with van der Waals surface area (Å²) in [6.07, 6.45) is 4.26. The molecule has 0 amide bonds. The van der Waals surface area contributed by atoms with Crippen molar-refractivity contribution in [1.29, 1.82) is 0 Å². The van der Waals surface area contributed by atoms with E-state index in [1.807, 2.05) is 7.05 Å². The summed E-state index contributed by atoms with van der Waals surface area (Å²) < 4.78 is 0. The fourth-order valence-electron chi connectivity index (χ4n) is 4.22. The number of amidine groups is 1. The van der Waals surface area contributed by atoms with Crippen LogP contribution < -0.4 is 4.90 Å². The van der Waals surface area contributed by atoms with Crippen LogP contribution in [0.5, 0.6) is 0 Å². The molecule has 0 bridgehead atoms. The molecule has 0 unspecified atom stereocenters. The van der Waals surface area contributed by atoms with E-state index in [1.165, 1.54) is 33.5 Å². The van der Waals surface area contributed by atoms with E-state index >= 15 is 0 Å². The van der Waals surface area contributed by atoms with Crippen LogP contribution in [0.3, 0.4) is 0 Å². The van der Waals surface area contributed by atoms with E-state index in [4.69, 9.17) is 4.99 Å². The molecule has 0 heterocycles. The van der Waals surface area contributed by atoms with Gasteiger partial charge in [-0.25, -0.2) is 0 Å².